The second kappa shape index (κ2) is 4.78. The molecular weight excluding hydrogens is 290 g/mol. The van der Waals surface area contributed by atoms with E-state index in [9.17, 15) is 9.59 Å². The highest BCUT2D eigenvalue weighted by atomic mass is 16.2. The fourth-order valence-corrected chi connectivity index (χ4v) is 3.76. The molecule has 1 atom stereocenters. The van der Waals surface area contributed by atoms with Gasteiger partial charge in [-0.1, -0.05) is 19.4 Å². The third-order valence-electron chi connectivity index (χ3n) is 5.13. The Bertz CT molecular complexity index is 846. The molecule has 2 aliphatic rings. The Kier molecular flexibility index (Phi) is 2.95. The van der Waals surface area contributed by atoms with Crippen LogP contribution >= 0.6 is 0 Å². The molecule has 23 heavy (non-hydrogen) atoms. The number of carbonyl (C=O) groups is 2. The zero-order valence-electron chi connectivity index (χ0n) is 13.3. The lowest BCUT2D eigenvalue weighted by Gasteiger charge is -2.27. The summed E-state index contributed by atoms with van der Waals surface area (Å²) in [6.07, 6.45) is 3.17. The van der Waals surface area contributed by atoms with Crippen LogP contribution in [0.3, 0.4) is 0 Å². The maximum Gasteiger partial charge on any atom is 0.324 e. The summed E-state index contributed by atoms with van der Waals surface area (Å²) < 4.78 is 0. The number of pyridine rings is 1. The fourth-order valence-electron chi connectivity index (χ4n) is 3.76. The Morgan fingerprint density at radius 1 is 1.22 bits per heavy atom. The summed E-state index contributed by atoms with van der Waals surface area (Å²) in [5.41, 5.74) is 3.57. The van der Waals surface area contributed by atoms with E-state index in [0.29, 0.717) is 12.8 Å². The van der Waals surface area contributed by atoms with E-state index in [1.807, 2.05) is 0 Å². The highest BCUT2D eigenvalue weighted by Gasteiger charge is 2.54. The van der Waals surface area contributed by atoms with Gasteiger partial charge in [0.05, 0.1) is 5.52 Å². The van der Waals surface area contributed by atoms with E-state index in [2.05, 4.69) is 36.5 Å². The van der Waals surface area contributed by atoms with E-state index in [-0.39, 0.29) is 11.9 Å². The monoisotopic (exact) mass is 309 g/mol. The molecule has 5 heteroatoms. The van der Waals surface area contributed by atoms with Gasteiger partial charge in [-0.15, -0.1) is 0 Å². The van der Waals surface area contributed by atoms with Crippen molar-refractivity contribution in [3.63, 3.8) is 0 Å². The molecule has 2 aromatic rings. The van der Waals surface area contributed by atoms with Crippen molar-refractivity contribution in [1.29, 1.82) is 0 Å². The van der Waals surface area contributed by atoms with Gasteiger partial charge in [0.15, 0.2) is 0 Å². The highest BCUT2D eigenvalue weighted by Crippen LogP contribution is 2.38. The maximum absolute atomic E-state index is 12.3. The van der Waals surface area contributed by atoms with E-state index < -0.39 is 5.54 Å². The van der Waals surface area contributed by atoms with Gasteiger partial charge in [-0.2, -0.15) is 0 Å². The van der Waals surface area contributed by atoms with Crippen LogP contribution in [0, 0.1) is 0 Å². The molecule has 1 aromatic carbocycles. The van der Waals surface area contributed by atoms with Crippen LogP contribution in [0.4, 0.5) is 4.79 Å². The molecule has 4 rings (SSSR count). The van der Waals surface area contributed by atoms with Gasteiger partial charge >= 0.3 is 6.03 Å². The number of benzene rings is 1. The van der Waals surface area contributed by atoms with Crippen LogP contribution < -0.4 is 5.32 Å². The predicted molar refractivity (Wildman–Crippen MR) is 87.2 cm³/mol. The maximum atomic E-state index is 12.3. The van der Waals surface area contributed by atoms with Crippen molar-refractivity contribution in [2.24, 2.45) is 0 Å². The minimum absolute atomic E-state index is 0.190. The molecule has 3 amide bonds. The van der Waals surface area contributed by atoms with Crippen LogP contribution in [-0.2, 0) is 24.1 Å². The van der Waals surface area contributed by atoms with E-state index in [4.69, 9.17) is 4.98 Å². The quantitative estimate of drug-likeness (QED) is 0.865. The SMILES string of the molecule is CCCc1ccc2cc3c(cc2n1)CC1(C3)C(=O)NC(=O)N1C. The topological polar surface area (TPSA) is 62.3 Å². The number of imide groups is 1. The number of amides is 3. The van der Waals surface area contributed by atoms with Gasteiger partial charge in [0.1, 0.15) is 5.54 Å². The number of likely N-dealkylation sites (N-methyl/N-ethyl adjacent to an activating group) is 1. The molecular formula is C18H19N3O2. The first kappa shape index (κ1) is 14.2. The summed E-state index contributed by atoms with van der Waals surface area (Å²) in [6, 6.07) is 8.06. The van der Waals surface area contributed by atoms with Gasteiger partial charge in [-0.3, -0.25) is 15.1 Å². The Morgan fingerprint density at radius 3 is 2.61 bits per heavy atom. The number of fused-ring (bicyclic) bond motifs is 2. The van der Waals surface area contributed by atoms with Crippen molar-refractivity contribution in [2.45, 2.75) is 38.1 Å². The number of urea groups is 1. The number of nitrogens with zero attached hydrogens (tertiary/aromatic N) is 2. The van der Waals surface area contributed by atoms with Crippen LogP contribution in [0.1, 0.15) is 30.2 Å². The number of hydrogen-bond acceptors (Lipinski definition) is 3. The van der Waals surface area contributed by atoms with Gasteiger partial charge in [-0.25, -0.2) is 4.79 Å². The van der Waals surface area contributed by atoms with Gasteiger partial charge in [-0.05, 0) is 35.7 Å². The lowest BCUT2D eigenvalue weighted by Crippen LogP contribution is -2.48. The van der Waals surface area contributed by atoms with Crippen molar-refractivity contribution < 1.29 is 9.59 Å². The largest absolute Gasteiger partial charge is 0.324 e. The van der Waals surface area contributed by atoms with E-state index in [0.717, 1.165) is 40.6 Å². The molecule has 1 spiro atoms. The lowest BCUT2D eigenvalue weighted by molar-refractivity contribution is -0.125. The van der Waals surface area contributed by atoms with Crippen LogP contribution in [0.15, 0.2) is 24.3 Å². The van der Waals surface area contributed by atoms with E-state index in [1.54, 1.807) is 11.9 Å². The number of hydrogen-bond donors (Lipinski definition) is 1. The number of rotatable bonds is 2. The lowest BCUT2D eigenvalue weighted by atomic mass is 9.95. The number of nitrogens with one attached hydrogen (secondary N) is 1. The first-order valence-electron chi connectivity index (χ1n) is 8.04. The van der Waals surface area contributed by atoms with E-state index in [1.165, 1.54) is 0 Å². The van der Waals surface area contributed by atoms with Crippen LogP contribution in [-0.4, -0.2) is 34.4 Å². The van der Waals surface area contributed by atoms with Crippen molar-refractivity contribution >= 4 is 22.8 Å². The molecule has 5 nitrogen and oxygen atoms in total. The van der Waals surface area contributed by atoms with Crippen LogP contribution in [0.5, 0.6) is 0 Å². The summed E-state index contributed by atoms with van der Waals surface area (Å²) in [6.45, 7) is 2.14. The fraction of sp³-hybridized carbons (Fsp3) is 0.389. The van der Waals surface area contributed by atoms with Gasteiger partial charge in [0.2, 0.25) is 0 Å². The summed E-state index contributed by atoms with van der Waals surface area (Å²) in [5.74, 6) is -0.190. The average molecular weight is 309 g/mol. The van der Waals surface area contributed by atoms with Gasteiger partial charge in [0.25, 0.3) is 5.91 Å². The Balaban J connectivity index is 1.78. The second-order valence-corrected chi connectivity index (χ2v) is 6.57. The molecule has 0 bridgehead atoms. The zero-order chi connectivity index (χ0) is 16.2. The molecule has 1 saturated heterocycles. The second-order valence-electron chi connectivity index (χ2n) is 6.57. The van der Waals surface area contributed by atoms with Crippen molar-refractivity contribution in [1.82, 2.24) is 15.2 Å². The first-order chi connectivity index (χ1) is 11.0. The zero-order valence-corrected chi connectivity index (χ0v) is 13.3. The molecule has 0 saturated carbocycles. The summed E-state index contributed by atoms with van der Waals surface area (Å²) >= 11 is 0. The Hall–Kier alpha value is -2.43. The molecule has 1 unspecified atom stereocenters. The summed E-state index contributed by atoms with van der Waals surface area (Å²) in [4.78, 5) is 30.4. The number of aromatic nitrogens is 1. The molecule has 2 heterocycles. The third-order valence-corrected chi connectivity index (χ3v) is 5.13. The molecule has 1 aliphatic carbocycles. The summed E-state index contributed by atoms with van der Waals surface area (Å²) in [5, 5.41) is 3.52. The van der Waals surface area contributed by atoms with Gasteiger partial charge in [0, 0.05) is 31.0 Å². The molecule has 1 aliphatic heterocycles. The highest BCUT2D eigenvalue weighted by molar-refractivity contribution is 6.07. The van der Waals surface area contributed by atoms with E-state index >= 15 is 0 Å². The molecule has 118 valence electrons. The van der Waals surface area contributed by atoms with Crippen molar-refractivity contribution in [3.8, 4) is 0 Å². The smallest absolute Gasteiger partial charge is 0.312 e. The molecule has 1 N–H and O–H groups in total. The van der Waals surface area contributed by atoms with Crippen LogP contribution in [0.2, 0.25) is 0 Å². The molecule has 0 radical (unpaired) electrons. The normalized spacial score (nSPS) is 23.0. The number of aryl methyl sites for hydroxylation is 1. The first-order valence-corrected chi connectivity index (χ1v) is 8.04. The van der Waals surface area contributed by atoms with Gasteiger partial charge < -0.3 is 4.90 Å². The molecule has 1 aromatic heterocycles. The standard InChI is InChI=1S/C18H19N3O2/c1-3-4-14-6-5-11-7-12-9-18(10-13(12)8-15(11)19-14)16(22)20-17(23)21(18)2/h5-8H,3-4,9-10H2,1-2H3,(H,20,22,23). The number of carbonyl (C=O) groups excluding carboxylic acids is 2. The Labute approximate surface area is 134 Å². The minimum atomic E-state index is -0.761. The minimum Gasteiger partial charge on any atom is -0.312 e. The third kappa shape index (κ3) is 1.96. The van der Waals surface area contributed by atoms with Crippen molar-refractivity contribution in [2.75, 3.05) is 7.05 Å². The van der Waals surface area contributed by atoms with Crippen molar-refractivity contribution in [3.05, 3.63) is 41.1 Å². The molecule has 1 fully saturated rings. The Morgan fingerprint density at radius 2 is 1.96 bits per heavy atom. The van der Waals surface area contributed by atoms with Crippen LogP contribution in [0.25, 0.3) is 10.9 Å². The predicted octanol–water partition coefficient (Wildman–Crippen LogP) is 2.21. The average Bonchev–Trinajstić information content (AvgIpc) is 2.99. The summed E-state index contributed by atoms with van der Waals surface area (Å²) in [7, 11) is 1.70.